The second kappa shape index (κ2) is 6.38. The Morgan fingerprint density at radius 1 is 1.25 bits per heavy atom. The second-order valence-electron chi connectivity index (χ2n) is 5.19. The van der Waals surface area contributed by atoms with E-state index in [0.29, 0.717) is 0 Å². The van der Waals surface area contributed by atoms with E-state index in [1.165, 1.54) is 16.2 Å². The fraction of sp³-hybridized carbons (Fsp3) is 0.692. The minimum Gasteiger partial charge on any atom is -0.330 e. The molecule has 0 saturated carbocycles. The molecule has 0 bridgehead atoms. The Balaban J connectivity index is 2.30. The van der Waals surface area contributed by atoms with Gasteiger partial charge in [-0.25, -0.2) is 0 Å². The van der Waals surface area contributed by atoms with Gasteiger partial charge < -0.3 is 11.1 Å². The zero-order valence-corrected chi connectivity index (χ0v) is 11.5. The number of hydrogen-bond acceptors (Lipinski definition) is 3. The van der Waals surface area contributed by atoms with Crippen LogP contribution in [0.15, 0.2) is 12.1 Å². The molecule has 3 N–H and O–H groups in total. The zero-order chi connectivity index (χ0) is 12.0. The monoisotopic (exact) mass is 240 g/mol. The van der Waals surface area contributed by atoms with Gasteiger partial charge in [0.25, 0.3) is 0 Å². The second-order valence-corrected chi connectivity index (χ2v) is 6.36. The molecular weight excluding hydrogens is 216 g/mol. The molecule has 1 rings (SSSR count). The Morgan fingerprint density at radius 3 is 2.56 bits per heavy atom. The van der Waals surface area contributed by atoms with Gasteiger partial charge in [0.15, 0.2) is 0 Å². The van der Waals surface area contributed by atoms with Crippen molar-refractivity contribution in [3.63, 3.8) is 0 Å². The molecule has 0 unspecified atom stereocenters. The molecule has 92 valence electrons. The molecule has 0 fully saturated rings. The first-order chi connectivity index (χ1) is 7.54. The predicted octanol–water partition coefficient (Wildman–Crippen LogP) is 2.87. The molecule has 1 aromatic rings. The summed E-state index contributed by atoms with van der Waals surface area (Å²) in [4.78, 5) is 2.89. The summed E-state index contributed by atoms with van der Waals surface area (Å²) < 4.78 is 0. The average molecular weight is 240 g/mol. The summed E-state index contributed by atoms with van der Waals surface area (Å²) in [6.45, 7) is 9.64. The van der Waals surface area contributed by atoms with Crippen LogP contribution in [0.1, 0.15) is 43.4 Å². The topological polar surface area (TPSA) is 38.0 Å². The van der Waals surface area contributed by atoms with Crippen molar-refractivity contribution in [2.45, 2.75) is 45.6 Å². The maximum atomic E-state index is 5.45. The van der Waals surface area contributed by atoms with E-state index in [9.17, 15) is 0 Å². The molecule has 1 aromatic heterocycles. The van der Waals surface area contributed by atoms with Crippen LogP contribution < -0.4 is 11.1 Å². The zero-order valence-electron chi connectivity index (χ0n) is 10.7. The lowest BCUT2D eigenvalue weighted by Gasteiger charge is -2.15. The third-order valence-corrected chi connectivity index (χ3v) is 4.02. The number of unbranched alkanes of at least 4 members (excludes halogenated alkanes) is 1. The van der Waals surface area contributed by atoms with E-state index >= 15 is 0 Å². The lowest BCUT2D eigenvalue weighted by molar-refractivity contribution is 0.604. The standard InChI is InChI=1S/C13H24N2S/c1-13(2,3)12-7-6-11(16-12)10-15-9-5-4-8-14/h6-7,15H,4-5,8-10,14H2,1-3H3. The fourth-order valence-corrected chi connectivity index (χ4v) is 2.52. The van der Waals surface area contributed by atoms with Crippen molar-refractivity contribution in [2.75, 3.05) is 13.1 Å². The maximum Gasteiger partial charge on any atom is 0.0299 e. The van der Waals surface area contributed by atoms with Crippen molar-refractivity contribution in [3.8, 4) is 0 Å². The largest absolute Gasteiger partial charge is 0.330 e. The maximum absolute atomic E-state index is 5.45. The normalized spacial score (nSPS) is 12.0. The number of hydrogen-bond donors (Lipinski definition) is 2. The van der Waals surface area contributed by atoms with Crippen LogP contribution in [0.2, 0.25) is 0 Å². The molecule has 0 aliphatic rings. The third kappa shape index (κ3) is 4.64. The Morgan fingerprint density at radius 2 is 2.00 bits per heavy atom. The lowest BCUT2D eigenvalue weighted by atomic mass is 9.95. The van der Waals surface area contributed by atoms with Crippen LogP contribution in [-0.2, 0) is 12.0 Å². The predicted molar refractivity (Wildman–Crippen MR) is 73.0 cm³/mol. The van der Waals surface area contributed by atoms with E-state index < -0.39 is 0 Å². The highest BCUT2D eigenvalue weighted by Crippen LogP contribution is 2.29. The van der Waals surface area contributed by atoms with Crippen LogP contribution >= 0.6 is 11.3 Å². The number of nitrogens with one attached hydrogen (secondary N) is 1. The molecule has 0 saturated heterocycles. The van der Waals surface area contributed by atoms with Gasteiger partial charge in [-0.05, 0) is 43.5 Å². The van der Waals surface area contributed by atoms with Gasteiger partial charge in [-0.3, -0.25) is 0 Å². The quantitative estimate of drug-likeness (QED) is 0.750. The minimum absolute atomic E-state index is 0.280. The highest BCUT2D eigenvalue weighted by atomic mass is 32.1. The van der Waals surface area contributed by atoms with E-state index in [-0.39, 0.29) is 5.41 Å². The molecule has 2 nitrogen and oxygen atoms in total. The number of nitrogens with two attached hydrogens (primary N) is 1. The lowest BCUT2D eigenvalue weighted by Crippen LogP contribution is -2.15. The highest BCUT2D eigenvalue weighted by Gasteiger charge is 2.15. The van der Waals surface area contributed by atoms with E-state index in [1.807, 2.05) is 11.3 Å². The first kappa shape index (κ1) is 13.7. The SMILES string of the molecule is CC(C)(C)c1ccc(CNCCCCN)s1. The van der Waals surface area contributed by atoms with Crippen LogP contribution in [0.5, 0.6) is 0 Å². The van der Waals surface area contributed by atoms with Gasteiger partial charge in [-0.1, -0.05) is 20.8 Å². The van der Waals surface area contributed by atoms with Gasteiger partial charge in [0, 0.05) is 16.3 Å². The van der Waals surface area contributed by atoms with Crippen molar-refractivity contribution in [3.05, 3.63) is 21.9 Å². The Kier molecular flexibility index (Phi) is 5.46. The van der Waals surface area contributed by atoms with Crippen LogP contribution in [-0.4, -0.2) is 13.1 Å². The molecule has 0 atom stereocenters. The van der Waals surface area contributed by atoms with Gasteiger partial charge in [0.1, 0.15) is 0 Å². The van der Waals surface area contributed by atoms with Crippen LogP contribution in [0.4, 0.5) is 0 Å². The summed E-state index contributed by atoms with van der Waals surface area (Å²) in [5, 5.41) is 3.46. The Hall–Kier alpha value is -0.380. The molecule has 0 aliphatic carbocycles. The molecule has 0 aromatic carbocycles. The molecule has 16 heavy (non-hydrogen) atoms. The summed E-state index contributed by atoms with van der Waals surface area (Å²) in [5.74, 6) is 0. The van der Waals surface area contributed by atoms with Crippen LogP contribution in [0, 0.1) is 0 Å². The van der Waals surface area contributed by atoms with Gasteiger partial charge >= 0.3 is 0 Å². The fourth-order valence-electron chi connectivity index (χ4n) is 1.48. The van der Waals surface area contributed by atoms with Crippen LogP contribution in [0.3, 0.4) is 0 Å². The van der Waals surface area contributed by atoms with Crippen molar-refractivity contribution in [1.29, 1.82) is 0 Å². The molecule has 0 spiro atoms. The summed E-state index contributed by atoms with van der Waals surface area (Å²) >= 11 is 1.92. The molecule has 0 amide bonds. The number of rotatable bonds is 6. The van der Waals surface area contributed by atoms with Crippen LogP contribution in [0.25, 0.3) is 0 Å². The summed E-state index contributed by atoms with van der Waals surface area (Å²) in [5.41, 5.74) is 5.73. The Labute approximate surface area is 103 Å². The van der Waals surface area contributed by atoms with Crippen molar-refractivity contribution in [1.82, 2.24) is 5.32 Å². The van der Waals surface area contributed by atoms with Crippen molar-refractivity contribution >= 4 is 11.3 Å². The average Bonchev–Trinajstić information content (AvgIpc) is 2.65. The summed E-state index contributed by atoms with van der Waals surface area (Å²) in [7, 11) is 0. The van der Waals surface area contributed by atoms with E-state index in [1.54, 1.807) is 0 Å². The van der Waals surface area contributed by atoms with Gasteiger partial charge in [0.05, 0.1) is 0 Å². The first-order valence-corrected chi connectivity index (χ1v) is 6.85. The minimum atomic E-state index is 0.280. The third-order valence-electron chi connectivity index (χ3n) is 2.51. The van der Waals surface area contributed by atoms with Gasteiger partial charge in [-0.15, -0.1) is 11.3 Å². The van der Waals surface area contributed by atoms with Gasteiger partial charge in [-0.2, -0.15) is 0 Å². The summed E-state index contributed by atoms with van der Waals surface area (Å²) in [6, 6.07) is 4.49. The van der Waals surface area contributed by atoms with Crippen molar-refractivity contribution < 1.29 is 0 Å². The first-order valence-electron chi connectivity index (χ1n) is 6.04. The smallest absolute Gasteiger partial charge is 0.0299 e. The molecule has 1 heterocycles. The van der Waals surface area contributed by atoms with E-state index in [0.717, 1.165) is 26.1 Å². The molecular formula is C13H24N2S. The highest BCUT2D eigenvalue weighted by molar-refractivity contribution is 7.12. The van der Waals surface area contributed by atoms with Gasteiger partial charge in [0.2, 0.25) is 0 Å². The van der Waals surface area contributed by atoms with E-state index in [2.05, 4.69) is 38.2 Å². The Bertz CT molecular complexity index is 299. The summed E-state index contributed by atoms with van der Waals surface area (Å²) in [6.07, 6.45) is 2.29. The van der Waals surface area contributed by atoms with E-state index in [4.69, 9.17) is 5.73 Å². The molecule has 0 aliphatic heterocycles. The van der Waals surface area contributed by atoms with Crippen molar-refractivity contribution in [2.24, 2.45) is 5.73 Å². The number of thiophene rings is 1. The molecule has 3 heteroatoms. The molecule has 0 radical (unpaired) electrons.